The minimum Gasteiger partial charge on any atom is -0.369 e. The van der Waals surface area contributed by atoms with Gasteiger partial charge in [-0.05, 0) is 19.1 Å². The molecule has 3 rings (SSSR count). The molecule has 0 saturated heterocycles. The lowest BCUT2D eigenvalue weighted by Gasteiger charge is -1.99. The Kier molecular flexibility index (Phi) is 3.36. The van der Waals surface area contributed by atoms with Crippen molar-refractivity contribution in [3.63, 3.8) is 0 Å². The number of aryl methyl sites for hydroxylation is 1. The van der Waals surface area contributed by atoms with Crippen LogP contribution in [0.1, 0.15) is 11.4 Å². The first-order chi connectivity index (χ1) is 10.2. The average molecular weight is 299 g/mol. The molecule has 0 saturated carbocycles. The van der Waals surface area contributed by atoms with E-state index < -0.39 is 0 Å². The van der Waals surface area contributed by atoms with Crippen molar-refractivity contribution in [3.8, 4) is 11.4 Å². The highest BCUT2D eigenvalue weighted by Gasteiger charge is 2.16. The van der Waals surface area contributed by atoms with Gasteiger partial charge in [0.25, 0.3) is 0 Å². The summed E-state index contributed by atoms with van der Waals surface area (Å²) in [6, 6.07) is 5.68. The number of hydrogen-bond donors (Lipinski definition) is 2. The predicted molar refractivity (Wildman–Crippen MR) is 84.4 cm³/mol. The number of imidazole rings is 1. The Labute approximate surface area is 124 Å². The van der Waals surface area contributed by atoms with Crippen LogP contribution >= 0.6 is 11.3 Å². The van der Waals surface area contributed by atoms with E-state index in [1.807, 2.05) is 34.9 Å². The summed E-state index contributed by atoms with van der Waals surface area (Å²) in [5, 5.41) is 9.57. The van der Waals surface area contributed by atoms with Gasteiger partial charge in [-0.15, -0.1) is 16.4 Å². The van der Waals surface area contributed by atoms with Gasteiger partial charge in [0.2, 0.25) is 5.96 Å². The Bertz CT molecular complexity index is 825. The van der Waals surface area contributed by atoms with Crippen LogP contribution in [0, 0.1) is 6.92 Å². The maximum Gasteiger partial charge on any atom is 0.211 e. The van der Waals surface area contributed by atoms with E-state index >= 15 is 0 Å². The molecule has 0 bridgehead atoms. The van der Waals surface area contributed by atoms with E-state index in [-0.39, 0.29) is 5.96 Å². The molecule has 0 aliphatic heterocycles. The van der Waals surface area contributed by atoms with E-state index in [0.717, 1.165) is 27.7 Å². The summed E-state index contributed by atoms with van der Waals surface area (Å²) in [4.78, 5) is 9.83. The average Bonchev–Trinajstić information content (AvgIpc) is 3.01. The SMILES string of the molecule is Cc1csc2nc(-c3ccccn3)c(/C=N/N=C(N)N)n12. The van der Waals surface area contributed by atoms with Crippen LogP contribution in [0.15, 0.2) is 40.0 Å². The number of pyridine rings is 1. The van der Waals surface area contributed by atoms with Gasteiger partial charge in [-0.2, -0.15) is 5.10 Å². The lowest BCUT2D eigenvalue weighted by molar-refractivity contribution is 1.11. The van der Waals surface area contributed by atoms with Gasteiger partial charge in [0, 0.05) is 17.3 Å². The Morgan fingerprint density at radius 2 is 2.24 bits per heavy atom. The molecule has 0 aliphatic rings. The predicted octanol–water partition coefficient (Wildman–Crippen LogP) is 1.37. The molecule has 3 heterocycles. The first-order valence-electron chi connectivity index (χ1n) is 6.16. The van der Waals surface area contributed by atoms with Crippen LogP contribution in [0.25, 0.3) is 16.3 Å². The number of rotatable bonds is 3. The minimum absolute atomic E-state index is 0.0894. The van der Waals surface area contributed by atoms with E-state index in [1.54, 1.807) is 23.7 Å². The van der Waals surface area contributed by atoms with Crippen molar-refractivity contribution in [2.24, 2.45) is 21.7 Å². The minimum atomic E-state index is -0.0894. The Morgan fingerprint density at radius 3 is 2.95 bits per heavy atom. The molecule has 0 fully saturated rings. The zero-order valence-electron chi connectivity index (χ0n) is 11.3. The highest BCUT2D eigenvalue weighted by Crippen LogP contribution is 2.26. The maximum absolute atomic E-state index is 5.28. The number of nitrogens with zero attached hydrogens (tertiary/aromatic N) is 5. The van der Waals surface area contributed by atoms with Gasteiger partial charge in [-0.3, -0.25) is 9.38 Å². The third-order valence-electron chi connectivity index (χ3n) is 2.83. The summed E-state index contributed by atoms with van der Waals surface area (Å²) in [6.45, 7) is 2.01. The van der Waals surface area contributed by atoms with E-state index in [9.17, 15) is 0 Å². The molecule has 0 aliphatic carbocycles. The second-order valence-corrected chi connectivity index (χ2v) is 5.16. The number of aromatic nitrogens is 3. The van der Waals surface area contributed by atoms with Crippen molar-refractivity contribution < 1.29 is 0 Å². The summed E-state index contributed by atoms with van der Waals surface area (Å²) in [7, 11) is 0. The van der Waals surface area contributed by atoms with Crippen molar-refractivity contribution in [2.45, 2.75) is 6.92 Å². The van der Waals surface area contributed by atoms with E-state index in [4.69, 9.17) is 11.5 Å². The van der Waals surface area contributed by atoms with Crippen LogP contribution < -0.4 is 11.5 Å². The number of nitrogens with two attached hydrogens (primary N) is 2. The zero-order valence-corrected chi connectivity index (χ0v) is 12.1. The summed E-state index contributed by atoms with van der Waals surface area (Å²) in [5.41, 5.74) is 14.0. The largest absolute Gasteiger partial charge is 0.369 e. The molecule has 3 aromatic rings. The third kappa shape index (κ3) is 2.48. The summed E-state index contributed by atoms with van der Waals surface area (Å²) in [6.07, 6.45) is 3.32. The van der Waals surface area contributed by atoms with Crippen LogP contribution in [0.3, 0.4) is 0 Å². The lowest BCUT2D eigenvalue weighted by atomic mass is 10.2. The molecule has 0 amide bonds. The highest BCUT2D eigenvalue weighted by molar-refractivity contribution is 7.15. The van der Waals surface area contributed by atoms with Crippen molar-refractivity contribution in [1.82, 2.24) is 14.4 Å². The molecule has 21 heavy (non-hydrogen) atoms. The number of fused-ring (bicyclic) bond motifs is 1. The Hall–Kier alpha value is -2.74. The normalized spacial score (nSPS) is 11.3. The van der Waals surface area contributed by atoms with Crippen LogP contribution in [0.5, 0.6) is 0 Å². The van der Waals surface area contributed by atoms with Gasteiger partial charge < -0.3 is 11.5 Å². The smallest absolute Gasteiger partial charge is 0.211 e. The third-order valence-corrected chi connectivity index (χ3v) is 3.77. The molecule has 0 radical (unpaired) electrons. The molecule has 4 N–H and O–H groups in total. The molecule has 3 aromatic heterocycles. The fraction of sp³-hybridized carbons (Fsp3) is 0.0769. The fourth-order valence-corrected chi connectivity index (χ4v) is 2.86. The molecule has 8 heteroatoms. The summed E-state index contributed by atoms with van der Waals surface area (Å²) < 4.78 is 2.00. The van der Waals surface area contributed by atoms with E-state index in [1.165, 1.54) is 0 Å². The lowest BCUT2D eigenvalue weighted by Crippen LogP contribution is -2.21. The molecule has 0 aromatic carbocycles. The van der Waals surface area contributed by atoms with E-state index in [2.05, 4.69) is 20.2 Å². The topological polar surface area (TPSA) is 107 Å². The first kappa shape index (κ1) is 13.3. The van der Waals surface area contributed by atoms with Gasteiger partial charge in [0.05, 0.1) is 17.6 Å². The standard InChI is InChI=1S/C13H13N7S/c1-8-7-21-13-18-11(9-4-2-3-5-16-9)10(20(8)13)6-17-19-12(14)15/h2-7H,1H3,(H4,14,15,19)/b17-6+. The molecule has 0 unspecified atom stereocenters. The monoisotopic (exact) mass is 299 g/mol. The highest BCUT2D eigenvalue weighted by atomic mass is 32.1. The van der Waals surface area contributed by atoms with Gasteiger partial charge in [0.1, 0.15) is 5.69 Å². The molecule has 106 valence electrons. The summed E-state index contributed by atoms with van der Waals surface area (Å²) >= 11 is 1.56. The van der Waals surface area contributed by atoms with Crippen LogP contribution in [0.2, 0.25) is 0 Å². The number of thiazole rings is 1. The van der Waals surface area contributed by atoms with Gasteiger partial charge in [-0.1, -0.05) is 6.07 Å². The Balaban J connectivity index is 2.20. The van der Waals surface area contributed by atoms with Crippen LogP contribution in [-0.4, -0.2) is 26.5 Å². The van der Waals surface area contributed by atoms with Gasteiger partial charge in [0.15, 0.2) is 4.96 Å². The van der Waals surface area contributed by atoms with E-state index in [0.29, 0.717) is 0 Å². The van der Waals surface area contributed by atoms with Gasteiger partial charge >= 0.3 is 0 Å². The molecule has 7 nitrogen and oxygen atoms in total. The number of guanidine groups is 1. The molecular weight excluding hydrogens is 286 g/mol. The quantitative estimate of drug-likeness (QED) is 0.432. The second kappa shape index (κ2) is 5.33. The van der Waals surface area contributed by atoms with Crippen molar-refractivity contribution in [3.05, 3.63) is 41.2 Å². The molecule has 0 atom stereocenters. The van der Waals surface area contributed by atoms with Crippen LogP contribution in [-0.2, 0) is 0 Å². The molecule has 0 spiro atoms. The second-order valence-electron chi connectivity index (χ2n) is 4.33. The van der Waals surface area contributed by atoms with Crippen molar-refractivity contribution in [1.29, 1.82) is 0 Å². The van der Waals surface area contributed by atoms with Crippen molar-refractivity contribution in [2.75, 3.05) is 0 Å². The van der Waals surface area contributed by atoms with Crippen LogP contribution in [0.4, 0.5) is 0 Å². The first-order valence-corrected chi connectivity index (χ1v) is 7.04. The van der Waals surface area contributed by atoms with Crippen molar-refractivity contribution >= 4 is 28.5 Å². The van der Waals surface area contributed by atoms with Gasteiger partial charge in [-0.25, -0.2) is 4.98 Å². The Morgan fingerprint density at radius 1 is 1.38 bits per heavy atom. The zero-order chi connectivity index (χ0) is 14.8. The summed E-state index contributed by atoms with van der Waals surface area (Å²) in [5.74, 6) is -0.0894. The fourth-order valence-electron chi connectivity index (χ4n) is 1.98. The maximum atomic E-state index is 5.28. The molecular formula is C13H13N7S. The number of hydrogen-bond acceptors (Lipinski definition) is 5.